The zero-order chi connectivity index (χ0) is 10.5. The van der Waals surface area contributed by atoms with Gasteiger partial charge in [0.2, 0.25) is 5.91 Å². The van der Waals surface area contributed by atoms with Crippen LogP contribution in [-0.2, 0) is 4.79 Å². The number of carbonyl (C=O) groups excluding carboxylic acids is 1. The lowest BCUT2D eigenvalue weighted by atomic mass is 9.94. The van der Waals surface area contributed by atoms with Crippen molar-refractivity contribution in [3.05, 3.63) is 0 Å². The van der Waals surface area contributed by atoms with E-state index in [2.05, 4.69) is 10.2 Å². The van der Waals surface area contributed by atoms with Crippen molar-refractivity contribution in [3.8, 4) is 0 Å². The summed E-state index contributed by atoms with van der Waals surface area (Å²) >= 11 is 1.96. The van der Waals surface area contributed by atoms with E-state index in [1.807, 2.05) is 11.8 Å². The van der Waals surface area contributed by atoms with E-state index in [1.165, 1.54) is 12.8 Å². The number of halogens is 1. The van der Waals surface area contributed by atoms with Gasteiger partial charge in [0.05, 0.1) is 0 Å². The summed E-state index contributed by atoms with van der Waals surface area (Å²) in [6.45, 7) is 4.12. The first kappa shape index (κ1) is 14.1. The number of rotatable bonds is 2. The summed E-state index contributed by atoms with van der Waals surface area (Å²) in [6, 6.07) is 0. The van der Waals surface area contributed by atoms with Gasteiger partial charge in [-0.2, -0.15) is 11.8 Å². The van der Waals surface area contributed by atoms with E-state index in [4.69, 9.17) is 0 Å². The Hall–Kier alpha value is 0.0700. The highest BCUT2D eigenvalue weighted by molar-refractivity contribution is 7.99. The molecule has 2 aliphatic heterocycles. The molecule has 0 unspecified atom stereocenters. The summed E-state index contributed by atoms with van der Waals surface area (Å²) in [5, 5.41) is 3.34. The minimum Gasteiger partial charge on any atom is -0.341 e. The fourth-order valence-electron chi connectivity index (χ4n) is 2.27. The van der Waals surface area contributed by atoms with Crippen molar-refractivity contribution in [2.75, 3.05) is 37.7 Å². The summed E-state index contributed by atoms with van der Waals surface area (Å²) in [7, 11) is 0. The summed E-state index contributed by atoms with van der Waals surface area (Å²) in [6.07, 6.45) is 3.13. The lowest BCUT2D eigenvalue weighted by Gasteiger charge is -2.29. The summed E-state index contributed by atoms with van der Waals surface area (Å²) in [5.41, 5.74) is 0. The monoisotopic (exact) mass is 264 g/mol. The molecule has 16 heavy (non-hydrogen) atoms. The van der Waals surface area contributed by atoms with Gasteiger partial charge in [-0.05, 0) is 31.8 Å². The fourth-order valence-corrected chi connectivity index (χ4v) is 3.18. The van der Waals surface area contributed by atoms with Gasteiger partial charge in [-0.1, -0.05) is 0 Å². The van der Waals surface area contributed by atoms with Crippen LogP contribution in [0.5, 0.6) is 0 Å². The van der Waals surface area contributed by atoms with E-state index in [-0.39, 0.29) is 12.4 Å². The zero-order valence-electron chi connectivity index (χ0n) is 9.61. The Morgan fingerprint density at radius 3 is 2.50 bits per heavy atom. The molecule has 0 saturated carbocycles. The molecule has 3 nitrogen and oxygen atoms in total. The molecule has 0 aromatic carbocycles. The van der Waals surface area contributed by atoms with Crippen LogP contribution < -0.4 is 5.32 Å². The van der Waals surface area contributed by atoms with Crippen molar-refractivity contribution in [1.82, 2.24) is 10.2 Å². The predicted molar refractivity (Wildman–Crippen MR) is 71.4 cm³/mol. The van der Waals surface area contributed by atoms with E-state index < -0.39 is 0 Å². The molecule has 2 fully saturated rings. The minimum atomic E-state index is 0. The van der Waals surface area contributed by atoms with E-state index in [0.29, 0.717) is 11.8 Å². The van der Waals surface area contributed by atoms with Gasteiger partial charge in [-0.15, -0.1) is 12.4 Å². The number of thioether (sulfide) groups is 1. The highest BCUT2D eigenvalue weighted by Crippen LogP contribution is 2.18. The first-order valence-corrected chi connectivity index (χ1v) is 7.08. The molecule has 0 aliphatic carbocycles. The number of nitrogens with one attached hydrogen (secondary N) is 1. The van der Waals surface area contributed by atoms with Crippen molar-refractivity contribution in [2.24, 2.45) is 5.92 Å². The molecule has 2 saturated heterocycles. The number of hydrogen-bond acceptors (Lipinski definition) is 3. The third-order valence-corrected chi connectivity index (χ3v) is 4.23. The van der Waals surface area contributed by atoms with Crippen LogP contribution in [0, 0.1) is 5.92 Å². The summed E-state index contributed by atoms with van der Waals surface area (Å²) in [4.78, 5) is 14.0. The van der Waals surface area contributed by atoms with Crippen molar-refractivity contribution in [2.45, 2.75) is 19.3 Å². The van der Waals surface area contributed by atoms with Gasteiger partial charge in [-0.25, -0.2) is 0 Å². The molecular weight excluding hydrogens is 244 g/mol. The molecule has 0 atom stereocenters. The van der Waals surface area contributed by atoms with Crippen LogP contribution in [0.25, 0.3) is 0 Å². The molecule has 1 amide bonds. The van der Waals surface area contributed by atoms with Crippen LogP contribution >= 0.6 is 24.2 Å². The Morgan fingerprint density at radius 2 is 1.88 bits per heavy atom. The maximum Gasteiger partial charge on any atom is 0.222 e. The molecule has 5 heteroatoms. The normalized spacial score (nSPS) is 22.6. The summed E-state index contributed by atoms with van der Waals surface area (Å²) in [5.74, 6) is 3.27. The predicted octanol–water partition coefficient (Wildman–Crippen LogP) is 1.37. The second-order valence-corrected chi connectivity index (χ2v) is 5.62. The van der Waals surface area contributed by atoms with Gasteiger partial charge < -0.3 is 10.2 Å². The molecule has 2 aliphatic rings. The van der Waals surface area contributed by atoms with Gasteiger partial charge in [0.25, 0.3) is 0 Å². The van der Waals surface area contributed by atoms with Crippen LogP contribution in [0.3, 0.4) is 0 Å². The molecule has 94 valence electrons. The second-order valence-electron chi connectivity index (χ2n) is 4.39. The lowest BCUT2D eigenvalue weighted by Crippen LogP contribution is -2.39. The van der Waals surface area contributed by atoms with Gasteiger partial charge in [0.1, 0.15) is 0 Å². The largest absolute Gasteiger partial charge is 0.341 e. The Balaban J connectivity index is 0.00000128. The Kier molecular flexibility index (Phi) is 6.54. The van der Waals surface area contributed by atoms with Crippen LogP contribution in [0.4, 0.5) is 0 Å². The standard InChI is InChI=1S/C11H20N2OS.ClH/c14-11(13-5-7-15-8-6-13)9-10-1-3-12-4-2-10;/h10,12H,1-9H2;1H. The first-order valence-electron chi connectivity index (χ1n) is 5.92. The molecule has 0 aromatic heterocycles. The molecule has 2 heterocycles. The SMILES string of the molecule is Cl.O=C(CC1CCNCC1)N1CCSCC1. The third-order valence-electron chi connectivity index (χ3n) is 3.29. The maximum atomic E-state index is 12.0. The zero-order valence-corrected chi connectivity index (χ0v) is 11.2. The molecule has 0 radical (unpaired) electrons. The average molecular weight is 265 g/mol. The summed E-state index contributed by atoms with van der Waals surface area (Å²) < 4.78 is 0. The Morgan fingerprint density at radius 1 is 1.25 bits per heavy atom. The van der Waals surface area contributed by atoms with Gasteiger partial charge in [0, 0.05) is 31.0 Å². The second kappa shape index (κ2) is 7.41. The highest BCUT2D eigenvalue weighted by atomic mass is 35.5. The van der Waals surface area contributed by atoms with E-state index >= 15 is 0 Å². The van der Waals surface area contributed by atoms with Gasteiger partial charge in [-0.3, -0.25) is 4.79 Å². The number of nitrogens with zero attached hydrogens (tertiary/aromatic N) is 1. The van der Waals surface area contributed by atoms with Crippen molar-refractivity contribution < 1.29 is 4.79 Å². The Labute approximate surface area is 108 Å². The first-order chi connectivity index (χ1) is 7.36. The van der Waals surface area contributed by atoms with Gasteiger partial charge in [0.15, 0.2) is 0 Å². The van der Waals surface area contributed by atoms with Crippen LogP contribution in [0.15, 0.2) is 0 Å². The number of piperidine rings is 1. The van der Waals surface area contributed by atoms with Crippen LogP contribution in [-0.4, -0.2) is 48.5 Å². The van der Waals surface area contributed by atoms with E-state index in [1.54, 1.807) is 0 Å². The molecule has 1 N–H and O–H groups in total. The molecule has 0 bridgehead atoms. The molecule has 2 rings (SSSR count). The topological polar surface area (TPSA) is 32.3 Å². The quantitative estimate of drug-likeness (QED) is 0.818. The van der Waals surface area contributed by atoms with E-state index in [0.717, 1.165) is 44.1 Å². The average Bonchev–Trinajstić information content (AvgIpc) is 2.31. The van der Waals surface area contributed by atoms with Crippen LogP contribution in [0.2, 0.25) is 0 Å². The highest BCUT2D eigenvalue weighted by Gasteiger charge is 2.21. The van der Waals surface area contributed by atoms with Crippen molar-refractivity contribution in [1.29, 1.82) is 0 Å². The number of amides is 1. The fraction of sp³-hybridized carbons (Fsp3) is 0.909. The Bertz CT molecular complexity index is 216. The minimum absolute atomic E-state index is 0. The molecule has 0 spiro atoms. The molecular formula is C11H21ClN2OS. The number of hydrogen-bond donors (Lipinski definition) is 1. The van der Waals surface area contributed by atoms with Gasteiger partial charge >= 0.3 is 0 Å². The van der Waals surface area contributed by atoms with Crippen molar-refractivity contribution in [3.63, 3.8) is 0 Å². The maximum absolute atomic E-state index is 12.0. The third kappa shape index (κ3) is 4.15. The van der Waals surface area contributed by atoms with E-state index in [9.17, 15) is 4.79 Å². The molecule has 0 aromatic rings. The smallest absolute Gasteiger partial charge is 0.222 e. The lowest BCUT2D eigenvalue weighted by molar-refractivity contribution is -0.132. The number of carbonyl (C=O) groups is 1. The van der Waals surface area contributed by atoms with Crippen LogP contribution in [0.1, 0.15) is 19.3 Å². The van der Waals surface area contributed by atoms with Crippen molar-refractivity contribution >= 4 is 30.1 Å².